The van der Waals surface area contributed by atoms with Gasteiger partial charge in [0.15, 0.2) is 0 Å². The van der Waals surface area contributed by atoms with Gasteiger partial charge in [-0.2, -0.15) is 0 Å². The van der Waals surface area contributed by atoms with Gasteiger partial charge >= 0.3 is 0 Å². The minimum absolute atomic E-state index is 0.0812. The minimum atomic E-state index is 0.0812. The number of carbonyl (C=O) groups excluding carboxylic acids is 1. The molecule has 0 bridgehead atoms. The summed E-state index contributed by atoms with van der Waals surface area (Å²) in [4.78, 5) is 14.0. The molecule has 108 valence electrons. The van der Waals surface area contributed by atoms with Crippen molar-refractivity contribution in [2.24, 2.45) is 5.92 Å². The van der Waals surface area contributed by atoms with Crippen LogP contribution in [-0.2, 0) is 9.53 Å². The Morgan fingerprint density at radius 3 is 2.60 bits per heavy atom. The molecule has 0 saturated carbocycles. The summed E-state index contributed by atoms with van der Waals surface area (Å²) < 4.78 is 5.16. The standard InChI is InChI=1S/C16H22N2O2/c1-20-12-14-8-10-18(11-9-14)16(19)7-4-13-2-5-15(17)6-3-13/h2-7,14H,8-12,17H2,1H3/b7-4+. The number of nitrogens with zero attached hydrogens (tertiary/aromatic N) is 1. The summed E-state index contributed by atoms with van der Waals surface area (Å²) in [6, 6.07) is 7.48. The van der Waals surface area contributed by atoms with E-state index in [1.54, 1.807) is 13.2 Å². The Balaban J connectivity index is 1.85. The zero-order valence-corrected chi connectivity index (χ0v) is 11.9. The van der Waals surface area contributed by atoms with E-state index in [2.05, 4.69) is 0 Å². The average Bonchev–Trinajstić information content (AvgIpc) is 2.47. The van der Waals surface area contributed by atoms with Crippen molar-refractivity contribution in [2.45, 2.75) is 12.8 Å². The Morgan fingerprint density at radius 2 is 2.00 bits per heavy atom. The van der Waals surface area contributed by atoms with E-state index in [9.17, 15) is 4.79 Å². The average molecular weight is 274 g/mol. The first-order valence-electron chi connectivity index (χ1n) is 7.00. The quantitative estimate of drug-likeness (QED) is 0.676. The fourth-order valence-corrected chi connectivity index (χ4v) is 2.44. The molecule has 0 unspecified atom stereocenters. The van der Waals surface area contributed by atoms with Crippen LogP contribution in [0.2, 0.25) is 0 Å². The molecule has 2 rings (SSSR count). The molecule has 1 saturated heterocycles. The van der Waals surface area contributed by atoms with Crippen molar-refractivity contribution in [1.82, 2.24) is 4.90 Å². The zero-order valence-electron chi connectivity index (χ0n) is 11.9. The highest BCUT2D eigenvalue weighted by Crippen LogP contribution is 2.17. The summed E-state index contributed by atoms with van der Waals surface area (Å²) in [6.07, 6.45) is 5.52. The highest BCUT2D eigenvalue weighted by atomic mass is 16.5. The van der Waals surface area contributed by atoms with Gasteiger partial charge in [-0.25, -0.2) is 0 Å². The van der Waals surface area contributed by atoms with Crippen molar-refractivity contribution in [3.8, 4) is 0 Å². The molecule has 0 aliphatic carbocycles. The summed E-state index contributed by atoms with van der Waals surface area (Å²) in [5.74, 6) is 0.669. The Hall–Kier alpha value is -1.81. The smallest absolute Gasteiger partial charge is 0.246 e. The van der Waals surface area contributed by atoms with Crippen LogP contribution in [0.4, 0.5) is 5.69 Å². The van der Waals surface area contributed by atoms with Crippen molar-refractivity contribution < 1.29 is 9.53 Å². The summed E-state index contributed by atoms with van der Waals surface area (Å²) >= 11 is 0. The van der Waals surface area contributed by atoms with Crippen LogP contribution in [0, 0.1) is 5.92 Å². The van der Waals surface area contributed by atoms with Crippen molar-refractivity contribution in [2.75, 3.05) is 32.5 Å². The number of benzene rings is 1. The molecule has 1 amide bonds. The second kappa shape index (κ2) is 7.10. The highest BCUT2D eigenvalue weighted by molar-refractivity contribution is 5.91. The van der Waals surface area contributed by atoms with Crippen molar-refractivity contribution in [1.29, 1.82) is 0 Å². The van der Waals surface area contributed by atoms with Gasteiger partial charge < -0.3 is 15.4 Å². The molecule has 1 aromatic carbocycles. The molecular formula is C16H22N2O2. The monoisotopic (exact) mass is 274 g/mol. The van der Waals surface area contributed by atoms with E-state index < -0.39 is 0 Å². The predicted molar refractivity (Wildman–Crippen MR) is 81.1 cm³/mol. The molecule has 1 aliphatic heterocycles. The predicted octanol–water partition coefficient (Wildman–Crippen LogP) is 2.17. The van der Waals surface area contributed by atoms with Gasteiger partial charge in [0.05, 0.1) is 0 Å². The third-order valence-electron chi connectivity index (χ3n) is 3.68. The van der Waals surface area contributed by atoms with Crippen LogP contribution in [0.15, 0.2) is 30.3 Å². The van der Waals surface area contributed by atoms with E-state index in [4.69, 9.17) is 10.5 Å². The number of anilines is 1. The molecule has 4 nitrogen and oxygen atoms in total. The third kappa shape index (κ3) is 4.10. The van der Waals surface area contributed by atoms with Gasteiger partial charge in [0.25, 0.3) is 0 Å². The van der Waals surface area contributed by atoms with Gasteiger partial charge in [-0.05, 0) is 42.5 Å². The van der Waals surface area contributed by atoms with Crippen LogP contribution in [0.3, 0.4) is 0 Å². The molecule has 2 N–H and O–H groups in total. The number of likely N-dealkylation sites (tertiary alicyclic amines) is 1. The molecule has 0 spiro atoms. The Morgan fingerprint density at radius 1 is 1.35 bits per heavy atom. The lowest BCUT2D eigenvalue weighted by atomic mass is 9.98. The number of nitrogens with two attached hydrogens (primary N) is 1. The number of nitrogen functional groups attached to an aromatic ring is 1. The van der Waals surface area contributed by atoms with E-state index >= 15 is 0 Å². The van der Waals surface area contributed by atoms with E-state index in [-0.39, 0.29) is 5.91 Å². The Labute approximate surface area is 120 Å². The zero-order chi connectivity index (χ0) is 14.4. The maximum Gasteiger partial charge on any atom is 0.246 e. The van der Waals surface area contributed by atoms with E-state index in [1.165, 1.54) is 0 Å². The first-order chi connectivity index (χ1) is 9.69. The number of hydrogen-bond acceptors (Lipinski definition) is 3. The van der Waals surface area contributed by atoms with Crippen LogP contribution >= 0.6 is 0 Å². The lowest BCUT2D eigenvalue weighted by Gasteiger charge is -2.30. The second-order valence-corrected chi connectivity index (χ2v) is 5.22. The number of piperidine rings is 1. The largest absolute Gasteiger partial charge is 0.399 e. The van der Waals surface area contributed by atoms with E-state index in [0.717, 1.165) is 43.8 Å². The molecule has 0 radical (unpaired) electrons. The summed E-state index contributed by atoms with van der Waals surface area (Å²) in [7, 11) is 1.73. The number of hydrogen-bond donors (Lipinski definition) is 1. The number of methoxy groups -OCH3 is 1. The van der Waals surface area contributed by atoms with Crippen LogP contribution in [0.25, 0.3) is 6.08 Å². The van der Waals surface area contributed by atoms with Gasteiger partial charge in [-0.3, -0.25) is 4.79 Å². The molecule has 1 heterocycles. The SMILES string of the molecule is COCC1CCN(C(=O)/C=C/c2ccc(N)cc2)CC1. The molecule has 4 heteroatoms. The number of rotatable bonds is 4. The molecule has 1 fully saturated rings. The molecule has 0 aromatic heterocycles. The maximum atomic E-state index is 12.1. The first kappa shape index (κ1) is 14.6. The molecule has 1 aliphatic rings. The number of amides is 1. The van der Waals surface area contributed by atoms with Crippen molar-refractivity contribution in [3.05, 3.63) is 35.9 Å². The third-order valence-corrected chi connectivity index (χ3v) is 3.68. The van der Waals surface area contributed by atoms with Crippen LogP contribution < -0.4 is 5.73 Å². The minimum Gasteiger partial charge on any atom is -0.399 e. The van der Waals surface area contributed by atoms with Gasteiger partial charge in [0, 0.05) is 38.6 Å². The summed E-state index contributed by atoms with van der Waals surface area (Å²) in [6.45, 7) is 2.43. The molecular weight excluding hydrogens is 252 g/mol. The molecule has 0 atom stereocenters. The second-order valence-electron chi connectivity index (χ2n) is 5.22. The lowest BCUT2D eigenvalue weighted by Crippen LogP contribution is -2.38. The fraction of sp³-hybridized carbons (Fsp3) is 0.438. The summed E-state index contributed by atoms with van der Waals surface area (Å²) in [5, 5.41) is 0. The molecule has 1 aromatic rings. The van der Waals surface area contributed by atoms with Crippen molar-refractivity contribution >= 4 is 17.7 Å². The van der Waals surface area contributed by atoms with E-state index in [0.29, 0.717) is 5.92 Å². The normalized spacial score (nSPS) is 16.8. The number of ether oxygens (including phenoxy) is 1. The topological polar surface area (TPSA) is 55.6 Å². The Bertz CT molecular complexity index is 460. The highest BCUT2D eigenvalue weighted by Gasteiger charge is 2.21. The Kier molecular flexibility index (Phi) is 5.18. The van der Waals surface area contributed by atoms with Crippen molar-refractivity contribution in [3.63, 3.8) is 0 Å². The van der Waals surface area contributed by atoms with E-state index in [1.807, 2.05) is 35.2 Å². The number of carbonyl (C=O) groups is 1. The van der Waals surface area contributed by atoms with Gasteiger partial charge in [0.2, 0.25) is 5.91 Å². The summed E-state index contributed by atoms with van der Waals surface area (Å²) in [5.41, 5.74) is 7.35. The first-order valence-corrected chi connectivity index (χ1v) is 7.00. The lowest BCUT2D eigenvalue weighted by molar-refractivity contribution is -0.127. The fourth-order valence-electron chi connectivity index (χ4n) is 2.44. The van der Waals surface area contributed by atoms with Crippen LogP contribution in [-0.4, -0.2) is 37.6 Å². The van der Waals surface area contributed by atoms with Gasteiger partial charge in [0.1, 0.15) is 0 Å². The van der Waals surface area contributed by atoms with Crippen LogP contribution in [0.5, 0.6) is 0 Å². The van der Waals surface area contributed by atoms with Gasteiger partial charge in [-0.15, -0.1) is 0 Å². The van der Waals surface area contributed by atoms with Crippen LogP contribution in [0.1, 0.15) is 18.4 Å². The maximum absolute atomic E-state index is 12.1. The molecule has 20 heavy (non-hydrogen) atoms. The van der Waals surface area contributed by atoms with Gasteiger partial charge in [-0.1, -0.05) is 12.1 Å².